The molecule has 0 spiro atoms. The monoisotopic (exact) mass is 474 g/mol. The Hall–Kier alpha value is -2.45. The van der Waals surface area contributed by atoms with Gasteiger partial charge in [0.1, 0.15) is 0 Å². The molecule has 0 unspecified atom stereocenters. The Bertz CT molecular complexity index is 1010. The molecule has 0 saturated heterocycles. The SMILES string of the molecule is CCCC(CCC)(NNCCCCCn1ccc(=O)[nH]c1=O)c1ccc(F)c(OCC2CC2)c1. The number of benzene rings is 1. The normalized spacial score (nSPS) is 13.9. The van der Waals surface area contributed by atoms with Crippen LogP contribution in [0.4, 0.5) is 4.39 Å². The summed E-state index contributed by atoms with van der Waals surface area (Å²) in [6.07, 6.45) is 10.5. The standard InChI is InChI=1S/C26H39FN4O3/c1-3-13-26(14-4-2,21-10-11-22(27)23(18-21)34-19-20-8-9-20)30-28-15-6-5-7-16-31-17-12-24(32)29-25(31)33/h10-12,17-18,20,28,30H,3-9,13-16,19H2,1-2H3,(H,29,32,33). The second kappa shape index (κ2) is 12.9. The lowest BCUT2D eigenvalue weighted by Crippen LogP contribution is -2.50. The van der Waals surface area contributed by atoms with E-state index in [0.29, 0.717) is 24.8 Å². The van der Waals surface area contributed by atoms with Crippen LogP contribution in [0, 0.1) is 11.7 Å². The molecule has 3 rings (SSSR count). The van der Waals surface area contributed by atoms with Gasteiger partial charge in [0.2, 0.25) is 0 Å². The molecule has 1 fully saturated rings. The lowest BCUT2D eigenvalue weighted by Gasteiger charge is -2.36. The Kier molecular flexibility index (Phi) is 9.89. The first-order valence-electron chi connectivity index (χ1n) is 12.7. The minimum Gasteiger partial charge on any atom is -0.490 e. The van der Waals surface area contributed by atoms with Crippen molar-refractivity contribution in [1.29, 1.82) is 0 Å². The number of hydrogen-bond acceptors (Lipinski definition) is 5. The third kappa shape index (κ3) is 7.53. The summed E-state index contributed by atoms with van der Waals surface area (Å²) < 4.78 is 21.7. The average molecular weight is 475 g/mol. The van der Waals surface area contributed by atoms with Crippen molar-refractivity contribution < 1.29 is 9.13 Å². The number of nitrogens with one attached hydrogen (secondary N) is 3. The van der Waals surface area contributed by atoms with Gasteiger partial charge in [0, 0.05) is 25.4 Å². The molecule has 3 N–H and O–H groups in total. The Labute approximate surface area is 201 Å². The van der Waals surface area contributed by atoms with Crippen LogP contribution in [0.15, 0.2) is 40.1 Å². The highest BCUT2D eigenvalue weighted by Gasteiger charge is 2.31. The molecule has 0 amide bonds. The van der Waals surface area contributed by atoms with Crippen LogP contribution in [0.2, 0.25) is 0 Å². The number of aromatic nitrogens is 2. The number of halogens is 1. The van der Waals surface area contributed by atoms with Gasteiger partial charge in [-0.2, -0.15) is 0 Å². The molecule has 1 saturated carbocycles. The number of unbranched alkanes of at least 4 members (excludes halogenated alkanes) is 2. The fourth-order valence-corrected chi connectivity index (χ4v) is 4.39. The Morgan fingerprint density at radius 3 is 2.56 bits per heavy atom. The van der Waals surface area contributed by atoms with Crippen molar-refractivity contribution in [3.05, 3.63) is 62.7 Å². The van der Waals surface area contributed by atoms with Crippen molar-refractivity contribution in [2.45, 2.75) is 83.7 Å². The fourth-order valence-electron chi connectivity index (χ4n) is 4.39. The van der Waals surface area contributed by atoms with E-state index >= 15 is 0 Å². The molecule has 7 nitrogen and oxygen atoms in total. The van der Waals surface area contributed by atoms with Crippen molar-refractivity contribution in [1.82, 2.24) is 20.4 Å². The molecule has 1 heterocycles. The van der Waals surface area contributed by atoms with Gasteiger partial charge in [-0.15, -0.1) is 0 Å². The lowest BCUT2D eigenvalue weighted by atomic mass is 9.82. The van der Waals surface area contributed by atoms with Gasteiger partial charge >= 0.3 is 5.69 Å². The molecule has 1 aromatic heterocycles. The molecule has 188 valence electrons. The van der Waals surface area contributed by atoms with Crippen LogP contribution < -0.4 is 26.8 Å². The van der Waals surface area contributed by atoms with Crippen LogP contribution in [0.25, 0.3) is 0 Å². The first kappa shape index (κ1) is 26.2. The molecule has 2 aromatic rings. The summed E-state index contributed by atoms with van der Waals surface area (Å²) in [5.41, 5.74) is 7.00. The van der Waals surface area contributed by atoms with E-state index in [1.165, 1.54) is 35.7 Å². The van der Waals surface area contributed by atoms with Crippen LogP contribution in [0.5, 0.6) is 5.75 Å². The van der Waals surface area contributed by atoms with E-state index in [9.17, 15) is 14.0 Å². The molecule has 1 aliphatic rings. The maximum atomic E-state index is 14.4. The van der Waals surface area contributed by atoms with E-state index in [1.54, 1.807) is 0 Å². The second-order valence-electron chi connectivity index (χ2n) is 9.40. The number of hydrazine groups is 1. The molecule has 0 atom stereocenters. The van der Waals surface area contributed by atoms with Crippen LogP contribution in [0.3, 0.4) is 0 Å². The van der Waals surface area contributed by atoms with E-state index in [0.717, 1.165) is 57.1 Å². The molecule has 0 radical (unpaired) electrons. The number of ether oxygens (including phenoxy) is 1. The van der Waals surface area contributed by atoms with Gasteiger partial charge < -0.3 is 9.30 Å². The predicted molar refractivity (Wildman–Crippen MR) is 132 cm³/mol. The molecular weight excluding hydrogens is 435 g/mol. The Morgan fingerprint density at radius 1 is 1.12 bits per heavy atom. The van der Waals surface area contributed by atoms with E-state index in [4.69, 9.17) is 4.74 Å². The smallest absolute Gasteiger partial charge is 0.328 e. The zero-order valence-corrected chi connectivity index (χ0v) is 20.5. The quantitative estimate of drug-likeness (QED) is 0.250. The van der Waals surface area contributed by atoms with Crippen molar-refractivity contribution >= 4 is 0 Å². The third-order valence-electron chi connectivity index (χ3n) is 6.43. The van der Waals surface area contributed by atoms with Crippen LogP contribution in [-0.4, -0.2) is 22.7 Å². The van der Waals surface area contributed by atoms with Crippen LogP contribution >= 0.6 is 0 Å². The summed E-state index contributed by atoms with van der Waals surface area (Å²) in [4.78, 5) is 25.2. The highest BCUT2D eigenvalue weighted by molar-refractivity contribution is 5.35. The molecule has 0 bridgehead atoms. The summed E-state index contributed by atoms with van der Waals surface area (Å²) in [5.74, 6) is 0.614. The minimum atomic E-state index is -0.373. The molecule has 1 aliphatic carbocycles. The molecular formula is C26H39FN4O3. The highest BCUT2D eigenvalue weighted by Crippen LogP contribution is 2.35. The molecule has 1 aromatic carbocycles. The Balaban J connectivity index is 1.54. The van der Waals surface area contributed by atoms with E-state index in [2.05, 4.69) is 29.7 Å². The van der Waals surface area contributed by atoms with E-state index in [1.807, 2.05) is 12.1 Å². The molecule has 8 heteroatoms. The number of rotatable bonds is 16. The van der Waals surface area contributed by atoms with Gasteiger partial charge in [-0.05, 0) is 62.1 Å². The molecule has 0 aliphatic heterocycles. The van der Waals surface area contributed by atoms with Crippen molar-refractivity contribution in [3.8, 4) is 5.75 Å². The van der Waals surface area contributed by atoms with Crippen molar-refractivity contribution in [2.24, 2.45) is 5.92 Å². The maximum Gasteiger partial charge on any atom is 0.328 e. The zero-order chi connectivity index (χ0) is 24.4. The van der Waals surface area contributed by atoms with Crippen LogP contribution in [-0.2, 0) is 12.1 Å². The summed E-state index contributed by atoms with van der Waals surface area (Å²) >= 11 is 0. The van der Waals surface area contributed by atoms with E-state index < -0.39 is 0 Å². The first-order valence-corrected chi connectivity index (χ1v) is 12.7. The summed E-state index contributed by atoms with van der Waals surface area (Å²) in [6.45, 7) is 6.28. The van der Waals surface area contributed by atoms with Crippen molar-refractivity contribution in [3.63, 3.8) is 0 Å². The topological polar surface area (TPSA) is 88.2 Å². The number of aromatic amines is 1. The van der Waals surface area contributed by atoms with Gasteiger partial charge in [0.05, 0.1) is 12.1 Å². The number of aryl methyl sites for hydroxylation is 1. The van der Waals surface area contributed by atoms with Gasteiger partial charge in [0.25, 0.3) is 5.56 Å². The Morgan fingerprint density at radius 2 is 1.88 bits per heavy atom. The number of H-pyrrole nitrogens is 1. The predicted octanol–water partition coefficient (Wildman–Crippen LogP) is 4.22. The highest BCUT2D eigenvalue weighted by atomic mass is 19.1. The minimum absolute atomic E-state index is 0.294. The fraction of sp³-hybridized carbons (Fsp3) is 0.615. The summed E-state index contributed by atoms with van der Waals surface area (Å²) in [5, 5.41) is 0. The lowest BCUT2D eigenvalue weighted by molar-refractivity contribution is 0.236. The largest absolute Gasteiger partial charge is 0.490 e. The number of nitrogens with zero attached hydrogens (tertiary/aromatic N) is 1. The zero-order valence-electron chi connectivity index (χ0n) is 20.5. The average Bonchev–Trinajstić information content (AvgIpc) is 3.64. The van der Waals surface area contributed by atoms with E-state index in [-0.39, 0.29) is 22.6 Å². The van der Waals surface area contributed by atoms with Gasteiger partial charge in [-0.3, -0.25) is 15.2 Å². The van der Waals surface area contributed by atoms with Gasteiger partial charge in [0.15, 0.2) is 11.6 Å². The maximum absolute atomic E-state index is 14.4. The van der Waals surface area contributed by atoms with Crippen molar-refractivity contribution in [2.75, 3.05) is 13.2 Å². The van der Waals surface area contributed by atoms with Crippen LogP contribution in [0.1, 0.15) is 77.2 Å². The summed E-state index contributed by atoms with van der Waals surface area (Å²) in [6, 6.07) is 6.64. The second-order valence-corrected chi connectivity index (χ2v) is 9.40. The molecule has 34 heavy (non-hydrogen) atoms. The van der Waals surface area contributed by atoms with Gasteiger partial charge in [-0.1, -0.05) is 39.2 Å². The van der Waals surface area contributed by atoms with Gasteiger partial charge in [-0.25, -0.2) is 14.6 Å². The third-order valence-corrected chi connectivity index (χ3v) is 6.43. The summed E-state index contributed by atoms with van der Waals surface area (Å²) in [7, 11) is 0. The first-order chi connectivity index (χ1) is 16.5. The number of hydrogen-bond donors (Lipinski definition) is 3.